The Bertz CT molecular complexity index is 704. The van der Waals surface area contributed by atoms with E-state index in [1.54, 1.807) is 20.8 Å². The van der Waals surface area contributed by atoms with Gasteiger partial charge in [0.25, 0.3) is 0 Å². The topological polar surface area (TPSA) is 129 Å². The van der Waals surface area contributed by atoms with Crippen LogP contribution < -0.4 is 11.1 Å². The van der Waals surface area contributed by atoms with Crippen LogP contribution in [-0.2, 0) is 36.8 Å². The quantitative estimate of drug-likeness (QED) is 0.291. The van der Waals surface area contributed by atoms with E-state index in [1.807, 2.05) is 19.1 Å². The number of aliphatic hydroxyl groups is 1. The van der Waals surface area contributed by atoms with Gasteiger partial charge < -0.3 is 35.1 Å². The fraction of sp³-hybridized carbons (Fsp3) is 0.680. The van der Waals surface area contributed by atoms with Gasteiger partial charge in [0, 0.05) is 13.0 Å². The molecule has 0 aliphatic carbocycles. The van der Waals surface area contributed by atoms with Crippen molar-refractivity contribution in [1.29, 1.82) is 0 Å². The van der Waals surface area contributed by atoms with Gasteiger partial charge in [-0.3, -0.25) is 4.79 Å². The first-order valence-electron chi connectivity index (χ1n) is 11.8. The van der Waals surface area contributed by atoms with Gasteiger partial charge in [-0.2, -0.15) is 0 Å². The second-order valence-electron chi connectivity index (χ2n) is 9.14. The van der Waals surface area contributed by atoms with Gasteiger partial charge in [0.05, 0.1) is 45.2 Å². The largest absolute Gasteiger partial charge is 0.444 e. The Morgan fingerprint density at radius 2 is 1.65 bits per heavy atom. The summed E-state index contributed by atoms with van der Waals surface area (Å²) in [4.78, 5) is 23.4. The van der Waals surface area contributed by atoms with Crippen molar-refractivity contribution < 1.29 is 33.6 Å². The van der Waals surface area contributed by atoms with E-state index in [2.05, 4.69) is 17.4 Å². The van der Waals surface area contributed by atoms with Crippen LogP contribution in [0.3, 0.4) is 0 Å². The van der Waals surface area contributed by atoms with Crippen LogP contribution in [0, 0.1) is 0 Å². The Hall–Kier alpha value is -2.20. The lowest BCUT2D eigenvalue weighted by Crippen LogP contribution is -2.45. The first kappa shape index (κ1) is 29.8. The average Bonchev–Trinajstić information content (AvgIpc) is 2.76. The number of aliphatic hydroxyl groups excluding tert-OH is 1. The number of aryl methyl sites for hydroxylation is 1. The summed E-state index contributed by atoms with van der Waals surface area (Å²) in [6.45, 7) is 9.63. The standard InChI is InChI=1S/C25H42N2O7/c1-19(22(11-12-23(26)29)27-24(30)34-25(2,3)4)33-18-21-9-7-20(8-10-21)6-5-14-31-16-17-32-15-13-28/h7-10,19,22,28H,5-6,11-18H2,1-4H3,(H2,26,29)(H,27,30)/t19-,22+/m1/s1. The van der Waals surface area contributed by atoms with Crippen molar-refractivity contribution in [2.45, 2.75) is 77.7 Å². The summed E-state index contributed by atoms with van der Waals surface area (Å²) in [7, 11) is 0. The van der Waals surface area contributed by atoms with Gasteiger partial charge in [0.15, 0.2) is 0 Å². The number of hydrogen-bond acceptors (Lipinski definition) is 7. The Balaban J connectivity index is 2.43. The third kappa shape index (κ3) is 14.8. The molecule has 0 aliphatic heterocycles. The van der Waals surface area contributed by atoms with Crippen molar-refractivity contribution in [3.05, 3.63) is 35.4 Å². The smallest absolute Gasteiger partial charge is 0.407 e. The molecule has 9 nitrogen and oxygen atoms in total. The molecule has 1 aromatic rings. The van der Waals surface area contributed by atoms with Gasteiger partial charge in [-0.1, -0.05) is 24.3 Å². The number of nitrogens with one attached hydrogen (secondary N) is 1. The number of benzene rings is 1. The second-order valence-corrected chi connectivity index (χ2v) is 9.14. The van der Waals surface area contributed by atoms with Gasteiger partial charge in [-0.05, 0) is 58.1 Å². The normalized spacial score (nSPS) is 13.3. The zero-order valence-corrected chi connectivity index (χ0v) is 21.0. The van der Waals surface area contributed by atoms with Gasteiger partial charge in [0.1, 0.15) is 5.60 Å². The summed E-state index contributed by atoms with van der Waals surface area (Å²) in [5.74, 6) is -0.431. The molecule has 0 spiro atoms. The van der Waals surface area contributed by atoms with Crippen molar-refractivity contribution in [1.82, 2.24) is 5.32 Å². The van der Waals surface area contributed by atoms with Crippen molar-refractivity contribution in [2.75, 3.05) is 33.0 Å². The van der Waals surface area contributed by atoms with Crippen LogP contribution in [-0.4, -0.2) is 67.9 Å². The minimum atomic E-state index is -0.620. The van der Waals surface area contributed by atoms with Crippen LogP contribution in [0.25, 0.3) is 0 Å². The number of rotatable bonds is 17. The number of ether oxygens (including phenoxy) is 4. The van der Waals surface area contributed by atoms with Crippen molar-refractivity contribution in [3.63, 3.8) is 0 Å². The van der Waals surface area contributed by atoms with Gasteiger partial charge in [-0.15, -0.1) is 0 Å². The third-order valence-corrected chi connectivity index (χ3v) is 4.87. The maximum Gasteiger partial charge on any atom is 0.407 e. The summed E-state index contributed by atoms with van der Waals surface area (Å²) in [6.07, 6.45) is 1.43. The predicted molar refractivity (Wildman–Crippen MR) is 129 cm³/mol. The average molecular weight is 483 g/mol. The van der Waals surface area contributed by atoms with E-state index in [1.165, 1.54) is 5.56 Å². The molecule has 0 aliphatic rings. The molecule has 0 aromatic heterocycles. The molecule has 1 rings (SSSR count). The summed E-state index contributed by atoms with van der Waals surface area (Å²) < 4.78 is 22.0. The highest BCUT2D eigenvalue weighted by Gasteiger charge is 2.24. The van der Waals surface area contributed by atoms with Gasteiger partial charge >= 0.3 is 6.09 Å². The SMILES string of the molecule is C[C@@H](OCc1ccc(CCCOCCOCCO)cc1)[C@H](CCC(N)=O)NC(=O)OC(C)(C)C. The molecule has 0 bridgehead atoms. The first-order valence-corrected chi connectivity index (χ1v) is 11.8. The molecule has 0 fully saturated rings. The van der Waals surface area contributed by atoms with Crippen LogP contribution in [0.5, 0.6) is 0 Å². The number of amides is 2. The molecular weight excluding hydrogens is 440 g/mol. The minimum Gasteiger partial charge on any atom is -0.444 e. The molecule has 0 saturated heterocycles. The molecule has 0 radical (unpaired) electrons. The molecule has 0 unspecified atom stereocenters. The monoisotopic (exact) mass is 482 g/mol. The molecule has 2 amide bonds. The zero-order valence-electron chi connectivity index (χ0n) is 21.0. The lowest BCUT2D eigenvalue weighted by molar-refractivity contribution is -0.118. The second kappa shape index (κ2) is 16.4. The van der Waals surface area contributed by atoms with Crippen LogP contribution in [0.15, 0.2) is 24.3 Å². The number of primary amides is 1. The first-order chi connectivity index (χ1) is 16.1. The van der Waals surface area contributed by atoms with Gasteiger partial charge in [-0.25, -0.2) is 4.79 Å². The molecule has 34 heavy (non-hydrogen) atoms. The van der Waals surface area contributed by atoms with E-state index < -0.39 is 23.6 Å². The molecule has 194 valence electrons. The lowest BCUT2D eigenvalue weighted by Gasteiger charge is -2.27. The van der Waals surface area contributed by atoms with Gasteiger partial charge in [0.2, 0.25) is 5.91 Å². The third-order valence-electron chi connectivity index (χ3n) is 4.87. The van der Waals surface area contributed by atoms with Crippen LogP contribution >= 0.6 is 0 Å². The molecule has 0 heterocycles. The lowest BCUT2D eigenvalue weighted by atomic mass is 10.1. The Morgan fingerprint density at radius 1 is 1.03 bits per heavy atom. The number of nitrogens with two attached hydrogens (primary N) is 1. The maximum atomic E-state index is 12.2. The Labute approximate surface area is 203 Å². The highest BCUT2D eigenvalue weighted by atomic mass is 16.6. The predicted octanol–water partition coefficient (Wildman–Crippen LogP) is 2.71. The fourth-order valence-electron chi connectivity index (χ4n) is 3.09. The van der Waals surface area contributed by atoms with E-state index in [4.69, 9.17) is 29.8 Å². The summed E-state index contributed by atoms with van der Waals surface area (Å²) in [5.41, 5.74) is 6.89. The molecule has 2 atom stereocenters. The van der Waals surface area contributed by atoms with E-state index in [0.717, 1.165) is 18.4 Å². The highest BCUT2D eigenvalue weighted by molar-refractivity contribution is 5.74. The highest BCUT2D eigenvalue weighted by Crippen LogP contribution is 2.14. The molecule has 4 N–H and O–H groups in total. The number of carbonyl (C=O) groups is 2. The van der Waals surface area contributed by atoms with E-state index in [9.17, 15) is 9.59 Å². The number of alkyl carbamates (subject to hydrolysis) is 1. The van der Waals surface area contributed by atoms with E-state index >= 15 is 0 Å². The van der Waals surface area contributed by atoms with Crippen LogP contribution in [0.1, 0.15) is 58.1 Å². The van der Waals surface area contributed by atoms with E-state index in [0.29, 0.717) is 39.5 Å². The Morgan fingerprint density at radius 3 is 2.24 bits per heavy atom. The van der Waals surface area contributed by atoms with Crippen LogP contribution in [0.4, 0.5) is 4.79 Å². The van der Waals surface area contributed by atoms with Crippen LogP contribution in [0.2, 0.25) is 0 Å². The molecule has 1 aromatic carbocycles. The summed E-state index contributed by atoms with van der Waals surface area (Å²) in [6, 6.07) is 7.77. The molecule has 9 heteroatoms. The van der Waals surface area contributed by atoms with E-state index in [-0.39, 0.29) is 19.1 Å². The van der Waals surface area contributed by atoms with Crippen molar-refractivity contribution in [3.8, 4) is 0 Å². The number of hydrogen-bond donors (Lipinski definition) is 3. The maximum absolute atomic E-state index is 12.2. The van der Waals surface area contributed by atoms with Crippen molar-refractivity contribution in [2.24, 2.45) is 5.73 Å². The fourth-order valence-corrected chi connectivity index (χ4v) is 3.09. The number of carbonyl (C=O) groups excluding carboxylic acids is 2. The Kier molecular flexibility index (Phi) is 14.4. The zero-order chi connectivity index (χ0) is 25.4. The summed E-state index contributed by atoms with van der Waals surface area (Å²) >= 11 is 0. The molecular formula is C25H42N2O7. The summed E-state index contributed by atoms with van der Waals surface area (Å²) in [5, 5.41) is 11.4. The minimum absolute atomic E-state index is 0.0266. The molecule has 0 saturated carbocycles. The van der Waals surface area contributed by atoms with Crippen molar-refractivity contribution >= 4 is 12.0 Å².